The molecule has 4 aromatic carbocycles. The predicted molar refractivity (Wildman–Crippen MR) is 220 cm³/mol. The number of fused-ring (bicyclic) bond motifs is 2. The minimum atomic E-state index is -3.35. The van der Waals surface area contributed by atoms with Gasteiger partial charge in [0.2, 0.25) is 11.8 Å². The van der Waals surface area contributed by atoms with Crippen molar-refractivity contribution in [1.29, 1.82) is 0 Å². The molecule has 0 amide bonds. The number of aromatic nitrogens is 2. The van der Waals surface area contributed by atoms with Gasteiger partial charge in [0, 0.05) is 70.1 Å². The normalized spacial score (nSPS) is 16.1. The summed E-state index contributed by atoms with van der Waals surface area (Å²) in [5.74, 6) is 1.01. The van der Waals surface area contributed by atoms with Gasteiger partial charge in [-0.15, -0.1) is 0 Å². The molecular formula is C41H43Br3K2N2O7. The molecule has 2 heterocycles. The molecule has 55 heavy (non-hydrogen) atoms. The number of phenols is 1. The van der Waals surface area contributed by atoms with Gasteiger partial charge in [0.1, 0.15) is 24.7 Å². The molecule has 0 radical (unpaired) electrons. The topological polar surface area (TPSA) is 123 Å². The number of hydrogen-bond acceptors (Lipinski definition) is 9. The van der Waals surface area contributed by atoms with Crippen LogP contribution in [0.15, 0.2) is 121 Å². The van der Waals surface area contributed by atoms with E-state index >= 15 is 0 Å². The number of nitrogens with zero attached hydrogens (tertiary/aromatic N) is 2. The van der Waals surface area contributed by atoms with Crippen LogP contribution in [0.25, 0.3) is 21.8 Å². The van der Waals surface area contributed by atoms with Crippen LogP contribution in [0.4, 0.5) is 0 Å². The number of hydrogen-bond donors (Lipinski definition) is 1. The third-order valence-corrected chi connectivity index (χ3v) is 6.87. The van der Waals surface area contributed by atoms with Crippen molar-refractivity contribution < 1.29 is 160 Å². The minimum absolute atomic E-state index is 0. The van der Waals surface area contributed by atoms with Crippen molar-refractivity contribution in [2.75, 3.05) is 22.4 Å². The monoisotopic (exact) mass is 1010 g/mol. The molecule has 0 atom stereocenters. The van der Waals surface area contributed by atoms with E-state index < -0.39 is 47.9 Å². The Morgan fingerprint density at radius 1 is 0.636 bits per heavy atom. The summed E-state index contributed by atoms with van der Waals surface area (Å²) in [6.07, 6.45) is -12.6. The quantitative estimate of drug-likeness (QED) is 0.0536. The van der Waals surface area contributed by atoms with Gasteiger partial charge in [-0.05, 0) is 73.0 Å². The molecule has 0 aliphatic carbocycles. The van der Waals surface area contributed by atoms with Crippen LogP contribution in [0.3, 0.4) is 0 Å². The summed E-state index contributed by atoms with van der Waals surface area (Å²) in [7, 11) is 0. The Morgan fingerprint density at radius 2 is 1.07 bits per heavy atom. The van der Waals surface area contributed by atoms with Gasteiger partial charge in [0.25, 0.3) is 6.47 Å². The van der Waals surface area contributed by atoms with Gasteiger partial charge in [-0.2, -0.15) is 0 Å². The van der Waals surface area contributed by atoms with Gasteiger partial charge in [-0.25, -0.2) is 9.97 Å². The van der Waals surface area contributed by atoms with Crippen molar-refractivity contribution in [2.24, 2.45) is 0 Å². The molecule has 14 heteroatoms. The molecule has 1 N–H and O–H groups in total. The van der Waals surface area contributed by atoms with E-state index in [1.165, 1.54) is 12.1 Å². The Bertz CT molecular complexity index is 2580. The van der Waals surface area contributed by atoms with Crippen LogP contribution in [0, 0.1) is 0 Å². The summed E-state index contributed by atoms with van der Waals surface area (Å²) in [5, 5.41) is 11.4. The number of ether oxygens (including phenoxy) is 3. The maximum absolute atomic E-state index is 9.45. The number of alkyl halides is 3. The Morgan fingerprint density at radius 3 is 1.55 bits per heavy atom. The molecule has 0 saturated heterocycles. The van der Waals surface area contributed by atoms with Crippen LogP contribution in [0.5, 0.6) is 23.3 Å². The number of benzene rings is 4. The zero-order valence-electron chi connectivity index (χ0n) is 46.5. The van der Waals surface area contributed by atoms with Crippen molar-refractivity contribution >= 4 is 76.1 Å². The molecule has 9 nitrogen and oxygen atoms in total. The molecule has 282 valence electrons. The summed E-state index contributed by atoms with van der Waals surface area (Å²) in [6, 6.07) is 36.2. The van der Waals surface area contributed by atoms with Crippen molar-refractivity contribution in [2.45, 2.75) is 38.7 Å². The van der Waals surface area contributed by atoms with E-state index in [0.29, 0.717) is 35.9 Å². The van der Waals surface area contributed by atoms with Crippen LogP contribution in [-0.4, -0.2) is 44.0 Å². The first kappa shape index (κ1) is 31.0. The SMILES string of the molecule is O=CO[O-].Oc1ccc2ccc(OCc3ccccc3)nc2c1.[2H]C([2H])(Br)C([2H])([2H])C([2H])([2H])C([2H])([2H])Br.[2H]C([2H])(Br)C([2H])([2H])C([2H])([2H])C([2H])([2H])Oc1ccc2ccc(OCc3ccccc3)nc2c1.[H-].[K+].[K+]. The standard InChI is InChI=1S/C20H20BrNO2.C16H13NO2.C4H8Br2.CH2O3.2K.H/c21-12-4-5-13-23-18-10-8-17-9-11-20(22-19(17)14-18)24-15-16-6-2-1-3-7-16;18-14-8-6-13-7-9-16(17-15(13)10-14)19-11-12-4-2-1-3-5-12;5-3-1-2-4-6;2-1-4-3;;;/h1-3,6-11,14H,4-5,12-13,15H2;1-10,18H,11H2;1-4H2;1,3H;;;/q;;;;2*+1;-1/p-1/i4D2,5D2,12D2,13D2;;1D2,2D2,3D2,4D2;;;;. The molecule has 0 aliphatic heterocycles. The van der Waals surface area contributed by atoms with E-state index in [9.17, 15) is 5.11 Å². The number of halogens is 3. The van der Waals surface area contributed by atoms with E-state index in [2.05, 4.69) is 62.6 Å². The number of phenolic OH excluding ortho intramolecular Hbond substituents is 1. The molecule has 6 rings (SSSR count). The molecule has 0 saturated carbocycles. The molecular weight excluding hydrogens is 950 g/mol. The van der Waals surface area contributed by atoms with E-state index in [0.717, 1.165) is 22.0 Å². The van der Waals surface area contributed by atoms with Gasteiger partial charge >= 0.3 is 103 Å². The number of pyridine rings is 2. The summed E-state index contributed by atoms with van der Waals surface area (Å²) in [5.41, 5.74) is 3.19. The first-order chi connectivity index (χ1) is 31.7. The van der Waals surface area contributed by atoms with Gasteiger partial charge in [0.15, 0.2) is 0 Å². The Kier molecular flexibility index (Phi) is 18.6. The second-order valence-electron chi connectivity index (χ2n) is 9.76. The fraction of sp³-hybridized carbons (Fsp3) is 0.244. The van der Waals surface area contributed by atoms with Gasteiger partial charge in [-0.1, -0.05) is 108 Å². The number of aromatic hydroxyl groups is 1. The second-order valence-corrected chi connectivity index (χ2v) is 10.9. The molecule has 0 fully saturated rings. The second kappa shape index (κ2) is 32.9. The van der Waals surface area contributed by atoms with Gasteiger partial charge < -0.3 is 30.9 Å². The van der Waals surface area contributed by atoms with Crippen LogP contribution in [0.2, 0.25) is 0 Å². The van der Waals surface area contributed by atoms with E-state index in [4.69, 9.17) is 46.2 Å². The largest absolute Gasteiger partial charge is 1.00 e. The third-order valence-electron chi connectivity index (χ3n) is 6.27. The maximum Gasteiger partial charge on any atom is 1.00 e. The summed E-state index contributed by atoms with van der Waals surface area (Å²) < 4.78 is 136. The van der Waals surface area contributed by atoms with Crippen LogP contribution in [0.1, 0.15) is 60.0 Å². The molecule has 0 spiro atoms. The fourth-order valence-corrected chi connectivity index (χ4v) is 4.33. The molecule has 6 aromatic rings. The Labute approximate surface area is 457 Å². The fourth-order valence-electron chi connectivity index (χ4n) is 4.03. The average molecular weight is 1010 g/mol. The van der Waals surface area contributed by atoms with E-state index in [-0.39, 0.29) is 122 Å². The average Bonchev–Trinajstić information content (AvgIpc) is 3.27. The Balaban J connectivity index is 0.00000108. The minimum Gasteiger partial charge on any atom is -1.00 e. The first-order valence-electron chi connectivity index (χ1n) is 23.0. The number of carbonyl (C=O) groups excluding carboxylic acids is 1. The van der Waals surface area contributed by atoms with Gasteiger partial charge in [0.05, 0.1) is 20.3 Å². The predicted octanol–water partition coefficient (Wildman–Crippen LogP) is 4.00. The van der Waals surface area contributed by atoms with Gasteiger partial charge in [-0.3, -0.25) is 4.79 Å². The van der Waals surface area contributed by atoms with Crippen molar-refractivity contribution in [3.63, 3.8) is 0 Å². The third kappa shape index (κ3) is 22.1. The van der Waals surface area contributed by atoms with Crippen molar-refractivity contribution in [1.82, 2.24) is 9.97 Å². The van der Waals surface area contributed by atoms with E-state index in [1.54, 1.807) is 30.3 Å². The summed E-state index contributed by atoms with van der Waals surface area (Å²) >= 11 is 7.18. The zero-order valence-corrected chi connectivity index (χ0v) is 40.5. The zero-order chi connectivity index (χ0) is 52.3. The first-order valence-corrected chi connectivity index (χ1v) is 17.4. The number of rotatable bonds is 15. The van der Waals surface area contributed by atoms with Crippen molar-refractivity contribution in [3.05, 3.63) is 132 Å². The molecule has 2 aromatic heterocycles. The molecule has 0 bridgehead atoms. The van der Waals surface area contributed by atoms with Crippen LogP contribution < -0.4 is 122 Å². The van der Waals surface area contributed by atoms with E-state index in [1.807, 2.05) is 78.9 Å². The summed E-state index contributed by atoms with van der Waals surface area (Å²) in [6.45, 7) is -2.59. The number of carbonyl (C=O) groups is 1. The summed E-state index contributed by atoms with van der Waals surface area (Å²) in [4.78, 5) is 20.0. The molecule has 0 aliphatic rings. The van der Waals surface area contributed by atoms with Crippen LogP contribution >= 0.6 is 47.8 Å². The van der Waals surface area contributed by atoms with Crippen molar-refractivity contribution in [3.8, 4) is 23.3 Å². The molecule has 0 unspecified atom stereocenters. The maximum atomic E-state index is 9.45. The van der Waals surface area contributed by atoms with Crippen LogP contribution in [-0.2, 0) is 22.9 Å². The Hall–Kier alpha value is -0.957. The smallest absolute Gasteiger partial charge is 1.00 e.